The number of piperidine rings is 1. The summed E-state index contributed by atoms with van der Waals surface area (Å²) in [7, 11) is 0. The second-order valence-electron chi connectivity index (χ2n) is 8.11. The van der Waals surface area contributed by atoms with Gasteiger partial charge in [0, 0.05) is 25.7 Å². The molecule has 142 valence electrons. The van der Waals surface area contributed by atoms with E-state index in [0.29, 0.717) is 32.1 Å². The SMILES string of the molecule is Cc1cccc(CN2CCC[C@](O)(CNC3Cc4ccccc4C3)C2=O)c1. The summed E-state index contributed by atoms with van der Waals surface area (Å²) in [5.41, 5.74) is 3.76. The predicted molar refractivity (Wildman–Crippen MR) is 106 cm³/mol. The molecule has 1 heterocycles. The van der Waals surface area contributed by atoms with Crippen LogP contribution in [-0.2, 0) is 24.2 Å². The van der Waals surface area contributed by atoms with Crippen LogP contribution < -0.4 is 5.32 Å². The third kappa shape index (κ3) is 3.92. The van der Waals surface area contributed by atoms with Crippen molar-refractivity contribution in [1.82, 2.24) is 10.2 Å². The van der Waals surface area contributed by atoms with Crippen molar-refractivity contribution in [1.29, 1.82) is 0 Å². The molecule has 0 spiro atoms. The van der Waals surface area contributed by atoms with Gasteiger partial charge in [0.05, 0.1) is 0 Å². The highest BCUT2D eigenvalue weighted by molar-refractivity contribution is 5.86. The summed E-state index contributed by atoms with van der Waals surface area (Å²) < 4.78 is 0. The van der Waals surface area contributed by atoms with E-state index in [1.54, 1.807) is 0 Å². The minimum atomic E-state index is -1.29. The molecule has 0 unspecified atom stereocenters. The Morgan fingerprint density at radius 1 is 1.15 bits per heavy atom. The Morgan fingerprint density at radius 3 is 2.59 bits per heavy atom. The van der Waals surface area contributed by atoms with Crippen LogP contribution >= 0.6 is 0 Å². The van der Waals surface area contributed by atoms with E-state index in [0.717, 1.165) is 24.8 Å². The molecule has 1 saturated heterocycles. The Hall–Kier alpha value is -2.17. The molecule has 2 N–H and O–H groups in total. The molecule has 2 aliphatic rings. The summed E-state index contributed by atoms with van der Waals surface area (Å²) in [6.07, 6.45) is 3.30. The Labute approximate surface area is 161 Å². The number of aliphatic hydroxyl groups is 1. The van der Waals surface area contributed by atoms with Crippen molar-refractivity contribution in [2.75, 3.05) is 13.1 Å². The number of aryl methyl sites for hydroxylation is 1. The molecule has 1 aliphatic heterocycles. The number of hydrogen-bond acceptors (Lipinski definition) is 3. The number of carbonyl (C=O) groups excluding carboxylic acids is 1. The van der Waals surface area contributed by atoms with E-state index in [4.69, 9.17) is 0 Å². The highest BCUT2D eigenvalue weighted by Crippen LogP contribution is 2.26. The van der Waals surface area contributed by atoms with Crippen LogP contribution in [0.4, 0.5) is 0 Å². The molecule has 4 heteroatoms. The summed E-state index contributed by atoms with van der Waals surface area (Å²) in [6, 6.07) is 17.0. The molecule has 0 aromatic heterocycles. The fourth-order valence-electron chi connectivity index (χ4n) is 4.43. The maximum absolute atomic E-state index is 13.0. The summed E-state index contributed by atoms with van der Waals surface area (Å²) >= 11 is 0. The van der Waals surface area contributed by atoms with Gasteiger partial charge in [-0.3, -0.25) is 4.79 Å². The van der Waals surface area contributed by atoms with E-state index in [-0.39, 0.29) is 5.91 Å². The number of rotatable bonds is 5. The topological polar surface area (TPSA) is 52.6 Å². The van der Waals surface area contributed by atoms with Crippen molar-refractivity contribution >= 4 is 5.91 Å². The largest absolute Gasteiger partial charge is 0.379 e. The Bertz CT molecular complexity index is 810. The molecule has 4 rings (SSSR count). The molecule has 2 aromatic rings. The van der Waals surface area contributed by atoms with Gasteiger partial charge in [0.1, 0.15) is 0 Å². The molecule has 1 atom stereocenters. The van der Waals surface area contributed by atoms with Crippen LogP contribution in [0.25, 0.3) is 0 Å². The fourth-order valence-corrected chi connectivity index (χ4v) is 4.43. The Kier molecular flexibility index (Phi) is 5.02. The van der Waals surface area contributed by atoms with Crippen molar-refractivity contribution in [3.05, 3.63) is 70.8 Å². The number of hydrogen-bond donors (Lipinski definition) is 2. The zero-order valence-corrected chi connectivity index (χ0v) is 15.9. The molecule has 1 amide bonds. The van der Waals surface area contributed by atoms with Crippen molar-refractivity contribution in [2.45, 2.75) is 50.8 Å². The van der Waals surface area contributed by atoms with E-state index in [2.05, 4.69) is 48.6 Å². The van der Waals surface area contributed by atoms with E-state index in [1.165, 1.54) is 16.7 Å². The molecule has 0 bridgehead atoms. The second kappa shape index (κ2) is 7.45. The van der Waals surface area contributed by atoms with Gasteiger partial charge >= 0.3 is 0 Å². The average Bonchev–Trinajstić information content (AvgIpc) is 3.07. The number of likely N-dealkylation sites (tertiary alicyclic amines) is 1. The van der Waals surface area contributed by atoms with Crippen LogP contribution in [0.15, 0.2) is 48.5 Å². The van der Waals surface area contributed by atoms with Crippen molar-refractivity contribution in [3.63, 3.8) is 0 Å². The number of fused-ring (bicyclic) bond motifs is 1. The Morgan fingerprint density at radius 2 is 1.89 bits per heavy atom. The first-order valence-electron chi connectivity index (χ1n) is 9.91. The van der Waals surface area contributed by atoms with Gasteiger partial charge in [-0.2, -0.15) is 0 Å². The van der Waals surface area contributed by atoms with Crippen molar-refractivity contribution in [3.8, 4) is 0 Å². The second-order valence-corrected chi connectivity index (χ2v) is 8.11. The van der Waals surface area contributed by atoms with Crippen molar-refractivity contribution in [2.24, 2.45) is 0 Å². The maximum Gasteiger partial charge on any atom is 0.256 e. The van der Waals surface area contributed by atoms with Crippen LogP contribution in [0.2, 0.25) is 0 Å². The van der Waals surface area contributed by atoms with Gasteiger partial charge in [-0.15, -0.1) is 0 Å². The molecule has 2 aromatic carbocycles. The number of nitrogens with zero attached hydrogens (tertiary/aromatic N) is 1. The molecular weight excluding hydrogens is 336 g/mol. The van der Waals surface area contributed by atoms with Gasteiger partial charge < -0.3 is 15.3 Å². The quantitative estimate of drug-likeness (QED) is 0.857. The molecule has 1 aliphatic carbocycles. The first-order chi connectivity index (χ1) is 13.0. The average molecular weight is 364 g/mol. The van der Waals surface area contributed by atoms with E-state index < -0.39 is 5.60 Å². The molecule has 0 radical (unpaired) electrons. The lowest BCUT2D eigenvalue weighted by atomic mass is 9.91. The van der Waals surface area contributed by atoms with Gasteiger partial charge in [-0.25, -0.2) is 0 Å². The first-order valence-corrected chi connectivity index (χ1v) is 9.91. The van der Waals surface area contributed by atoms with Gasteiger partial charge in [0.25, 0.3) is 5.91 Å². The Balaban J connectivity index is 1.38. The lowest BCUT2D eigenvalue weighted by Gasteiger charge is -2.39. The minimum absolute atomic E-state index is 0.140. The van der Waals surface area contributed by atoms with Gasteiger partial charge in [0.2, 0.25) is 0 Å². The maximum atomic E-state index is 13.0. The standard InChI is InChI=1S/C23H28N2O2/c1-17-6-4-7-18(12-17)15-25-11-5-10-23(27,22(25)26)16-24-21-13-19-8-2-3-9-20(19)14-21/h2-4,6-9,12,21,24,27H,5,10-11,13-16H2,1H3/t23-/m0/s1. The molecular formula is C23H28N2O2. The highest BCUT2D eigenvalue weighted by Gasteiger charge is 2.42. The first kappa shape index (κ1) is 18.2. The van der Waals surface area contributed by atoms with E-state index in [1.807, 2.05) is 17.0 Å². The lowest BCUT2D eigenvalue weighted by molar-refractivity contribution is -0.157. The highest BCUT2D eigenvalue weighted by atomic mass is 16.3. The van der Waals surface area contributed by atoms with Crippen LogP contribution in [0.5, 0.6) is 0 Å². The third-order valence-corrected chi connectivity index (χ3v) is 5.89. The van der Waals surface area contributed by atoms with Crippen LogP contribution in [0.1, 0.15) is 35.1 Å². The fraction of sp³-hybridized carbons (Fsp3) is 0.435. The number of benzene rings is 2. The zero-order chi connectivity index (χ0) is 18.9. The van der Waals surface area contributed by atoms with Crippen LogP contribution in [-0.4, -0.2) is 40.6 Å². The summed E-state index contributed by atoms with van der Waals surface area (Å²) in [6.45, 7) is 3.66. The van der Waals surface area contributed by atoms with Crippen LogP contribution in [0, 0.1) is 6.92 Å². The molecule has 4 nitrogen and oxygen atoms in total. The molecule has 0 saturated carbocycles. The smallest absolute Gasteiger partial charge is 0.256 e. The number of carbonyl (C=O) groups is 1. The normalized spacial score (nSPS) is 22.9. The van der Waals surface area contributed by atoms with Gasteiger partial charge in [0.15, 0.2) is 5.60 Å². The third-order valence-electron chi connectivity index (χ3n) is 5.89. The van der Waals surface area contributed by atoms with E-state index >= 15 is 0 Å². The monoisotopic (exact) mass is 364 g/mol. The molecule has 1 fully saturated rings. The summed E-state index contributed by atoms with van der Waals surface area (Å²) in [4.78, 5) is 14.8. The number of nitrogens with one attached hydrogen (secondary N) is 1. The van der Waals surface area contributed by atoms with Gasteiger partial charge in [-0.05, 0) is 49.3 Å². The predicted octanol–water partition coefficient (Wildman–Crippen LogP) is 2.61. The minimum Gasteiger partial charge on any atom is -0.379 e. The van der Waals surface area contributed by atoms with Gasteiger partial charge in [-0.1, -0.05) is 54.1 Å². The molecule has 27 heavy (non-hydrogen) atoms. The van der Waals surface area contributed by atoms with Crippen molar-refractivity contribution < 1.29 is 9.90 Å². The zero-order valence-electron chi connectivity index (χ0n) is 15.9. The van der Waals surface area contributed by atoms with Crippen LogP contribution in [0.3, 0.4) is 0 Å². The van der Waals surface area contributed by atoms with E-state index in [9.17, 15) is 9.90 Å². The summed E-state index contributed by atoms with van der Waals surface area (Å²) in [5.74, 6) is -0.140. The number of amides is 1. The lowest BCUT2D eigenvalue weighted by Crippen LogP contribution is -2.58. The summed E-state index contributed by atoms with van der Waals surface area (Å²) in [5, 5.41) is 14.5.